The van der Waals surface area contributed by atoms with E-state index in [0.29, 0.717) is 17.6 Å². The van der Waals surface area contributed by atoms with Crippen molar-refractivity contribution in [1.82, 2.24) is 15.3 Å². The van der Waals surface area contributed by atoms with Gasteiger partial charge in [0.25, 0.3) is 5.56 Å². The number of aliphatic carboxylic acids is 1. The molecule has 0 bridgehead atoms. The molecule has 1 aliphatic carbocycles. The Balaban J connectivity index is 1.99. The minimum absolute atomic E-state index is 0.0212. The highest BCUT2D eigenvalue weighted by Gasteiger charge is 2.39. The molecule has 1 aromatic rings. The Morgan fingerprint density at radius 3 is 2.95 bits per heavy atom. The second-order valence-electron chi connectivity index (χ2n) is 5.43. The number of carboxylic acid groups (broad SMARTS) is 1. The molecule has 0 aliphatic heterocycles. The van der Waals surface area contributed by atoms with Gasteiger partial charge in [0, 0.05) is 23.6 Å². The first kappa shape index (κ1) is 15.1. The summed E-state index contributed by atoms with van der Waals surface area (Å²) < 4.78 is 0. The third-order valence-corrected chi connectivity index (χ3v) is 4.23. The van der Waals surface area contributed by atoms with Gasteiger partial charge in [0.2, 0.25) is 0 Å². The van der Waals surface area contributed by atoms with Crippen molar-refractivity contribution in [3.63, 3.8) is 0 Å². The van der Waals surface area contributed by atoms with Gasteiger partial charge in [-0.2, -0.15) is 0 Å². The second kappa shape index (κ2) is 5.97. The number of nitrogens with zero attached hydrogens (tertiary/aromatic N) is 1. The Bertz CT molecular complexity index is 544. The minimum Gasteiger partial charge on any atom is -0.480 e. The van der Waals surface area contributed by atoms with Crippen molar-refractivity contribution < 1.29 is 9.90 Å². The maximum Gasteiger partial charge on any atom is 0.323 e. The van der Waals surface area contributed by atoms with Gasteiger partial charge >= 0.3 is 5.97 Å². The lowest BCUT2D eigenvalue weighted by atomic mass is 9.96. The zero-order valence-corrected chi connectivity index (χ0v) is 12.4. The summed E-state index contributed by atoms with van der Waals surface area (Å²) >= 11 is 1.38. The molecule has 1 heterocycles. The quantitative estimate of drug-likeness (QED) is 0.517. The van der Waals surface area contributed by atoms with Crippen molar-refractivity contribution in [3.8, 4) is 0 Å². The fraction of sp³-hybridized carbons (Fsp3) is 0.615. The zero-order valence-electron chi connectivity index (χ0n) is 11.5. The van der Waals surface area contributed by atoms with Gasteiger partial charge in [0.15, 0.2) is 5.16 Å². The molecular formula is C13H19N3O3S. The molecule has 7 heteroatoms. The average Bonchev–Trinajstić information content (AvgIpc) is 3.12. The van der Waals surface area contributed by atoms with E-state index >= 15 is 0 Å². The predicted molar refractivity (Wildman–Crippen MR) is 77.0 cm³/mol. The molecule has 0 amide bonds. The van der Waals surface area contributed by atoms with Gasteiger partial charge in [-0.05, 0) is 26.2 Å². The summed E-state index contributed by atoms with van der Waals surface area (Å²) in [6.45, 7) is 3.65. The van der Waals surface area contributed by atoms with Crippen molar-refractivity contribution >= 4 is 17.7 Å². The van der Waals surface area contributed by atoms with Gasteiger partial charge in [-0.1, -0.05) is 18.7 Å². The standard InChI is InChI=1S/C13H19N3O3S/c1-8(20-12-14-6-5-10(17)15-12)7-13(2,11(18)19)16-9-3-4-9/h5-6,8-9,16H,3-4,7H2,1-2H3,(H,18,19)(H,14,15,17). The van der Waals surface area contributed by atoms with Crippen molar-refractivity contribution in [2.75, 3.05) is 0 Å². The van der Waals surface area contributed by atoms with Crippen LogP contribution in [-0.2, 0) is 4.79 Å². The third-order valence-electron chi connectivity index (χ3n) is 3.23. The number of aromatic amines is 1. The smallest absolute Gasteiger partial charge is 0.323 e. The first-order valence-corrected chi connectivity index (χ1v) is 7.50. The van der Waals surface area contributed by atoms with E-state index in [4.69, 9.17) is 0 Å². The summed E-state index contributed by atoms with van der Waals surface area (Å²) in [6, 6.07) is 1.67. The largest absolute Gasteiger partial charge is 0.480 e. The highest BCUT2D eigenvalue weighted by atomic mass is 32.2. The monoisotopic (exact) mass is 297 g/mol. The Labute approximate surface area is 121 Å². The van der Waals surface area contributed by atoms with E-state index in [0.717, 1.165) is 12.8 Å². The number of hydrogen-bond acceptors (Lipinski definition) is 5. The van der Waals surface area contributed by atoms with Crippen LogP contribution < -0.4 is 10.9 Å². The number of carboxylic acids is 1. The molecule has 1 aliphatic rings. The first-order valence-electron chi connectivity index (χ1n) is 6.62. The summed E-state index contributed by atoms with van der Waals surface area (Å²) in [5.41, 5.74) is -1.14. The van der Waals surface area contributed by atoms with Gasteiger partial charge in [0.1, 0.15) is 5.54 Å². The fourth-order valence-corrected chi connectivity index (χ4v) is 3.18. The van der Waals surface area contributed by atoms with Gasteiger partial charge in [-0.3, -0.25) is 14.9 Å². The Morgan fingerprint density at radius 1 is 1.70 bits per heavy atom. The van der Waals surface area contributed by atoms with E-state index < -0.39 is 11.5 Å². The predicted octanol–water partition coefficient (Wildman–Crippen LogP) is 1.24. The molecular weight excluding hydrogens is 278 g/mol. The summed E-state index contributed by atoms with van der Waals surface area (Å²) in [4.78, 5) is 29.4. The third kappa shape index (κ3) is 4.08. The van der Waals surface area contributed by atoms with Crippen LogP contribution in [0, 0.1) is 0 Å². The van der Waals surface area contributed by atoms with Crippen LogP contribution in [0.15, 0.2) is 22.2 Å². The van der Waals surface area contributed by atoms with Crippen LogP contribution in [-0.4, -0.2) is 37.9 Å². The molecule has 2 atom stereocenters. The lowest BCUT2D eigenvalue weighted by Gasteiger charge is -2.29. The first-order chi connectivity index (χ1) is 9.39. The molecule has 20 heavy (non-hydrogen) atoms. The van der Waals surface area contributed by atoms with E-state index in [9.17, 15) is 14.7 Å². The number of hydrogen-bond donors (Lipinski definition) is 3. The summed E-state index contributed by atoms with van der Waals surface area (Å²) in [6.07, 6.45) is 3.99. The number of thioether (sulfide) groups is 1. The topological polar surface area (TPSA) is 95.1 Å². The second-order valence-corrected chi connectivity index (χ2v) is 6.85. The van der Waals surface area contributed by atoms with E-state index in [2.05, 4.69) is 15.3 Å². The van der Waals surface area contributed by atoms with Gasteiger partial charge in [-0.25, -0.2) is 4.98 Å². The number of rotatable bonds is 7. The van der Waals surface area contributed by atoms with Crippen molar-refractivity contribution in [2.24, 2.45) is 0 Å². The maximum absolute atomic E-state index is 11.5. The van der Waals surface area contributed by atoms with Crippen molar-refractivity contribution in [2.45, 2.75) is 55.1 Å². The molecule has 0 saturated heterocycles. The van der Waals surface area contributed by atoms with Crippen LogP contribution in [0.25, 0.3) is 0 Å². The molecule has 1 fully saturated rings. The highest BCUT2D eigenvalue weighted by Crippen LogP contribution is 2.29. The summed E-state index contributed by atoms with van der Waals surface area (Å²) in [5.74, 6) is -0.841. The van der Waals surface area contributed by atoms with E-state index in [-0.39, 0.29) is 10.8 Å². The Kier molecular flexibility index (Phi) is 4.49. The molecule has 6 nitrogen and oxygen atoms in total. The Morgan fingerprint density at radius 2 is 2.40 bits per heavy atom. The van der Waals surface area contributed by atoms with Crippen LogP contribution in [0.4, 0.5) is 0 Å². The molecule has 3 N–H and O–H groups in total. The number of carbonyl (C=O) groups is 1. The summed E-state index contributed by atoms with van der Waals surface area (Å²) in [5, 5.41) is 13.2. The highest BCUT2D eigenvalue weighted by molar-refractivity contribution is 7.99. The lowest BCUT2D eigenvalue weighted by Crippen LogP contribution is -2.52. The molecule has 1 aromatic heterocycles. The molecule has 110 valence electrons. The van der Waals surface area contributed by atoms with Gasteiger partial charge in [0.05, 0.1) is 0 Å². The van der Waals surface area contributed by atoms with Crippen molar-refractivity contribution in [1.29, 1.82) is 0 Å². The molecule has 0 spiro atoms. The SMILES string of the molecule is CC(CC(C)(NC1CC1)C(=O)O)Sc1nccc(=O)[nH]1. The number of H-pyrrole nitrogens is 1. The Hall–Kier alpha value is -1.34. The maximum atomic E-state index is 11.5. The number of nitrogens with one attached hydrogen (secondary N) is 2. The molecule has 0 aromatic carbocycles. The average molecular weight is 297 g/mol. The van der Waals surface area contributed by atoms with Gasteiger partial charge < -0.3 is 10.1 Å². The van der Waals surface area contributed by atoms with Crippen LogP contribution in [0.5, 0.6) is 0 Å². The normalized spacial score (nSPS) is 19.3. The lowest BCUT2D eigenvalue weighted by molar-refractivity contribution is -0.144. The van der Waals surface area contributed by atoms with Crippen LogP contribution >= 0.6 is 11.8 Å². The zero-order chi connectivity index (χ0) is 14.8. The molecule has 1 saturated carbocycles. The van der Waals surface area contributed by atoms with Gasteiger partial charge in [-0.15, -0.1) is 0 Å². The van der Waals surface area contributed by atoms with E-state index in [1.807, 2.05) is 6.92 Å². The summed E-state index contributed by atoms with van der Waals surface area (Å²) in [7, 11) is 0. The fourth-order valence-electron chi connectivity index (χ4n) is 2.11. The van der Waals surface area contributed by atoms with E-state index in [1.54, 1.807) is 6.92 Å². The van der Waals surface area contributed by atoms with Crippen LogP contribution in [0.1, 0.15) is 33.1 Å². The minimum atomic E-state index is -0.942. The molecule has 0 radical (unpaired) electrons. The van der Waals surface area contributed by atoms with Crippen molar-refractivity contribution in [3.05, 3.63) is 22.6 Å². The molecule has 2 unspecified atom stereocenters. The van der Waals surface area contributed by atoms with Crippen LogP contribution in [0.3, 0.4) is 0 Å². The molecule has 2 rings (SSSR count). The number of aromatic nitrogens is 2. The van der Waals surface area contributed by atoms with Crippen LogP contribution in [0.2, 0.25) is 0 Å². The van der Waals surface area contributed by atoms with E-state index in [1.165, 1.54) is 24.0 Å².